The molecule has 2 aliphatic carbocycles. The first-order valence-electron chi connectivity index (χ1n) is 10.7. The Morgan fingerprint density at radius 1 is 1.10 bits per heavy atom. The molecule has 2 aliphatic heterocycles. The van der Waals surface area contributed by atoms with Crippen molar-refractivity contribution in [2.45, 2.75) is 31.7 Å². The second kappa shape index (κ2) is 7.44. The topological polar surface area (TPSA) is 82.9 Å². The molecule has 0 aromatic carbocycles. The number of nitrogens with one attached hydrogen (secondary N) is 1. The van der Waals surface area contributed by atoms with E-state index in [1.165, 1.54) is 11.3 Å². The standard InChI is InChI=1S/C22H27N3O4/c26-18(13-25-21(27)19-14-6-7-15(11-14)20(19)22(25)28)23-12-16(17-5-4-10-29-17)24-8-2-1-3-9-24/h4-7,10,14-16,19-20H,1-3,8-9,11-13H2,(H,23,26)/t14-,15+,16-,19+,20-/m1/s1. The third-order valence-corrected chi connectivity index (χ3v) is 7.06. The third kappa shape index (κ3) is 3.21. The summed E-state index contributed by atoms with van der Waals surface area (Å²) in [5.74, 6) is 0.00686. The van der Waals surface area contributed by atoms with E-state index in [-0.39, 0.29) is 54.0 Å². The lowest BCUT2D eigenvalue weighted by molar-refractivity contribution is -0.144. The maximum Gasteiger partial charge on any atom is 0.240 e. The molecule has 7 heteroatoms. The van der Waals surface area contributed by atoms with Crippen LogP contribution in [0.15, 0.2) is 35.0 Å². The van der Waals surface area contributed by atoms with Crippen molar-refractivity contribution >= 4 is 17.7 Å². The second-order valence-corrected chi connectivity index (χ2v) is 8.69. The largest absolute Gasteiger partial charge is 0.468 e. The molecule has 3 amide bonds. The van der Waals surface area contributed by atoms with Gasteiger partial charge >= 0.3 is 0 Å². The Morgan fingerprint density at radius 2 is 1.79 bits per heavy atom. The van der Waals surface area contributed by atoms with Crippen LogP contribution in [0.3, 0.4) is 0 Å². The summed E-state index contributed by atoms with van der Waals surface area (Å²) in [6.07, 6.45) is 10.2. The minimum atomic E-state index is -0.291. The zero-order valence-corrected chi connectivity index (χ0v) is 16.5. The van der Waals surface area contributed by atoms with E-state index in [4.69, 9.17) is 4.42 Å². The van der Waals surface area contributed by atoms with Crippen LogP contribution in [-0.4, -0.2) is 53.7 Å². The molecule has 5 rings (SSSR count). The number of allylic oxidation sites excluding steroid dienone is 2. The molecular formula is C22H27N3O4. The number of hydrogen-bond acceptors (Lipinski definition) is 5. The van der Waals surface area contributed by atoms with Gasteiger partial charge < -0.3 is 9.73 Å². The summed E-state index contributed by atoms with van der Waals surface area (Å²) in [5.41, 5.74) is 0. The molecule has 29 heavy (non-hydrogen) atoms. The maximum absolute atomic E-state index is 12.8. The van der Waals surface area contributed by atoms with E-state index >= 15 is 0 Å². The highest BCUT2D eigenvalue weighted by atomic mass is 16.3. The smallest absolute Gasteiger partial charge is 0.240 e. The van der Waals surface area contributed by atoms with Gasteiger partial charge in [0.15, 0.2) is 0 Å². The highest BCUT2D eigenvalue weighted by Crippen LogP contribution is 2.52. The Bertz CT molecular complexity index is 797. The molecule has 5 atom stereocenters. The first-order valence-corrected chi connectivity index (χ1v) is 10.7. The van der Waals surface area contributed by atoms with E-state index in [1.54, 1.807) is 6.26 Å². The number of carbonyl (C=O) groups excluding carboxylic acids is 3. The van der Waals surface area contributed by atoms with E-state index in [0.717, 1.165) is 38.1 Å². The number of hydrogen-bond donors (Lipinski definition) is 1. The number of carbonyl (C=O) groups is 3. The summed E-state index contributed by atoms with van der Waals surface area (Å²) in [6.45, 7) is 2.17. The Kier molecular flexibility index (Phi) is 4.78. The zero-order valence-electron chi connectivity index (χ0n) is 16.5. The van der Waals surface area contributed by atoms with Gasteiger partial charge in [-0.1, -0.05) is 18.6 Å². The van der Waals surface area contributed by atoms with Gasteiger partial charge in [0.05, 0.1) is 24.1 Å². The highest BCUT2D eigenvalue weighted by Gasteiger charge is 2.59. The lowest BCUT2D eigenvalue weighted by atomic mass is 9.85. The molecule has 7 nitrogen and oxygen atoms in total. The molecule has 0 spiro atoms. The summed E-state index contributed by atoms with van der Waals surface area (Å²) >= 11 is 0. The minimum absolute atomic E-state index is 0.0290. The zero-order chi connectivity index (χ0) is 20.0. The van der Waals surface area contributed by atoms with Crippen molar-refractivity contribution in [1.82, 2.24) is 15.1 Å². The second-order valence-electron chi connectivity index (χ2n) is 8.69. The van der Waals surface area contributed by atoms with Gasteiger partial charge in [0, 0.05) is 6.54 Å². The average Bonchev–Trinajstić information content (AvgIpc) is 3.51. The van der Waals surface area contributed by atoms with E-state index in [0.29, 0.717) is 6.54 Å². The molecule has 1 aromatic heterocycles. The Morgan fingerprint density at radius 3 is 2.41 bits per heavy atom. The van der Waals surface area contributed by atoms with Crippen molar-refractivity contribution in [3.8, 4) is 0 Å². The van der Waals surface area contributed by atoms with Crippen LogP contribution in [0.1, 0.15) is 37.5 Å². The molecule has 2 bridgehead atoms. The van der Waals surface area contributed by atoms with Crippen LogP contribution in [0.25, 0.3) is 0 Å². The number of imide groups is 1. The van der Waals surface area contributed by atoms with Crippen molar-refractivity contribution in [2.24, 2.45) is 23.7 Å². The minimum Gasteiger partial charge on any atom is -0.468 e. The predicted molar refractivity (Wildman–Crippen MR) is 104 cm³/mol. The molecule has 3 fully saturated rings. The van der Waals surface area contributed by atoms with Gasteiger partial charge in [0.1, 0.15) is 12.3 Å². The third-order valence-electron chi connectivity index (χ3n) is 7.06. The summed E-state index contributed by atoms with van der Waals surface area (Å²) < 4.78 is 5.61. The number of likely N-dealkylation sites (tertiary alicyclic amines) is 2. The fourth-order valence-corrected chi connectivity index (χ4v) is 5.65. The van der Waals surface area contributed by atoms with Crippen LogP contribution in [0.5, 0.6) is 0 Å². The summed E-state index contributed by atoms with van der Waals surface area (Å²) in [5, 5.41) is 2.94. The van der Waals surface area contributed by atoms with Gasteiger partial charge in [-0.3, -0.25) is 24.2 Å². The maximum atomic E-state index is 12.8. The quantitative estimate of drug-likeness (QED) is 0.584. The molecule has 2 saturated heterocycles. The van der Waals surface area contributed by atoms with Gasteiger partial charge in [-0.15, -0.1) is 0 Å². The van der Waals surface area contributed by atoms with E-state index in [9.17, 15) is 14.4 Å². The van der Waals surface area contributed by atoms with Gasteiger partial charge in [0.2, 0.25) is 17.7 Å². The Labute approximate surface area is 170 Å². The lowest BCUT2D eigenvalue weighted by Crippen LogP contribution is -2.45. The van der Waals surface area contributed by atoms with Crippen LogP contribution in [-0.2, 0) is 14.4 Å². The number of amides is 3. The van der Waals surface area contributed by atoms with Crippen molar-refractivity contribution in [2.75, 3.05) is 26.2 Å². The first-order chi connectivity index (χ1) is 14.1. The normalized spacial score (nSPS) is 32.1. The van der Waals surface area contributed by atoms with Crippen molar-refractivity contribution in [3.63, 3.8) is 0 Å². The lowest BCUT2D eigenvalue weighted by Gasteiger charge is -2.33. The number of fused-ring (bicyclic) bond motifs is 5. The SMILES string of the molecule is O=C(CN1C(=O)[C@@H]2[C@H](C1=O)[C@H]1C=C[C@@H]2C1)NC[C@H](c1ccco1)N1CCCCC1. The molecule has 4 aliphatic rings. The molecule has 1 aromatic rings. The molecule has 3 heterocycles. The predicted octanol–water partition coefficient (Wildman–Crippen LogP) is 1.73. The number of piperidine rings is 1. The molecule has 1 saturated carbocycles. The van der Waals surface area contributed by atoms with Gasteiger partial charge in [-0.2, -0.15) is 0 Å². The van der Waals surface area contributed by atoms with Crippen LogP contribution in [0, 0.1) is 23.7 Å². The number of furan rings is 1. The van der Waals surface area contributed by atoms with E-state index in [2.05, 4.69) is 22.4 Å². The van der Waals surface area contributed by atoms with Gasteiger partial charge in [-0.05, 0) is 56.3 Å². The van der Waals surface area contributed by atoms with Crippen molar-refractivity contribution < 1.29 is 18.8 Å². The Hall–Kier alpha value is -2.41. The molecular weight excluding hydrogens is 370 g/mol. The first kappa shape index (κ1) is 18.6. The molecule has 0 radical (unpaired) electrons. The van der Waals surface area contributed by atoms with Crippen LogP contribution < -0.4 is 5.32 Å². The van der Waals surface area contributed by atoms with Gasteiger partial charge in [-0.25, -0.2) is 0 Å². The molecule has 0 unspecified atom stereocenters. The van der Waals surface area contributed by atoms with Crippen molar-refractivity contribution in [1.29, 1.82) is 0 Å². The van der Waals surface area contributed by atoms with E-state index in [1.807, 2.05) is 12.1 Å². The monoisotopic (exact) mass is 397 g/mol. The van der Waals surface area contributed by atoms with Crippen molar-refractivity contribution in [3.05, 3.63) is 36.3 Å². The summed E-state index contributed by atoms with van der Waals surface area (Å²) in [6, 6.07) is 3.76. The fourth-order valence-electron chi connectivity index (χ4n) is 5.65. The van der Waals surface area contributed by atoms with Crippen LogP contribution in [0.4, 0.5) is 0 Å². The summed E-state index contributed by atoms with van der Waals surface area (Å²) in [7, 11) is 0. The fraction of sp³-hybridized carbons (Fsp3) is 0.591. The molecule has 1 N–H and O–H groups in total. The van der Waals surface area contributed by atoms with Crippen LogP contribution in [0.2, 0.25) is 0 Å². The molecule has 154 valence electrons. The number of rotatable bonds is 6. The van der Waals surface area contributed by atoms with E-state index < -0.39 is 0 Å². The average molecular weight is 397 g/mol. The van der Waals surface area contributed by atoms with Crippen LogP contribution >= 0.6 is 0 Å². The number of nitrogens with zero attached hydrogens (tertiary/aromatic N) is 2. The highest BCUT2D eigenvalue weighted by molar-refractivity contribution is 6.08. The summed E-state index contributed by atoms with van der Waals surface area (Å²) in [4.78, 5) is 41.7. The Balaban J connectivity index is 1.21. The van der Waals surface area contributed by atoms with Gasteiger partial charge in [0.25, 0.3) is 0 Å².